The van der Waals surface area contributed by atoms with E-state index in [1.54, 1.807) is 18.2 Å². The lowest BCUT2D eigenvalue weighted by Gasteiger charge is -2.30. The van der Waals surface area contributed by atoms with E-state index in [9.17, 15) is 4.79 Å². The second-order valence-corrected chi connectivity index (χ2v) is 5.89. The molecule has 1 aromatic carbocycles. The molecule has 1 aromatic rings. The fourth-order valence-electron chi connectivity index (χ4n) is 2.69. The average Bonchev–Trinajstić information content (AvgIpc) is 2.86. The van der Waals surface area contributed by atoms with Crippen molar-refractivity contribution in [2.45, 2.75) is 24.9 Å². The van der Waals surface area contributed by atoms with Crippen LogP contribution in [0.3, 0.4) is 0 Å². The minimum atomic E-state index is -0.722. The SMILES string of the molecule is COC1=CC(=O)CCC12CC(c1c(Cl)cccc1Cl)=NO2. The summed E-state index contributed by atoms with van der Waals surface area (Å²) in [6.07, 6.45) is 2.89. The van der Waals surface area contributed by atoms with Crippen molar-refractivity contribution < 1.29 is 14.4 Å². The van der Waals surface area contributed by atoms with E-state index >= 15 is 0 Å². The number of rotatable bonds is 2. The average molecular weight is 326 g/mol. The third kappa shape index (κ3) is 2.43. The second kappa shape index (κ2) is 5.35. The van der Waals surface area contributed by atoms with Gasteiger partial charge in [0.25, 0.3) is 0 Å². The molecule has 3 rings (SSSR count). The monoisotopic (exact) mass is 325 g/mol. The van der Waals surface area contributed by atoms with Gasteiger partial charge in [-0.3, -0.25) is 4.79 Å². The van der Waals surface area contributed by atoms with Crippen LogP contribution in [0.1, 0.15) is 24.8 Å². The number of ether oxygens (including phenoxy) is 1. The molecule has 0 aromatic heterocycles. The molecule has 1 spiro atoms. The zero-order chi connectivity index (χ0) is 15.0. The molecule has 0 saturated heterocycles. The van der Waals surface area contributed by atoms with Crippen LogP contribution in [-0.4, -0.2) is 24.2 Å². The molecule has 0 N–H and O–H groups in total. The molecule has 1 atom stereocenters. The third-order valence-electron chi connectivity index (χ3n) is 3.77. The Morgan fingerprint density at radius 1 is 1.33 bits per heavy atom. The van der Waals surface area contributed by atoms with Gasteiger partial charge in [-0.25, -0.2) is 0 Å². The summed E-state index contributed by atoms with van der Waals surface area (Å²) < 4.78 is 5.32. The van der Waals surface area contributed by atoms with E-state index in [0.29, 0.717) is 46.3 Å². The highest BCUT2D eigenvalue weighted by molar-refractivity contribution is 6.40. The topological polar surface area (TPSA) is 47.9 Å². The first kappa shape index (κ1) is 14.4. The summed E-state index contributed by atoms with van der Waals surface area (Å²) in [5.41, 5.74) is 0.619. The molecule has 21 heavy (non-hydrogen) atoms. The first-order valence-electron chi connectivity index (χ1n) is 6.54. The van der Waals surface area contributed by atoms with Gasteiger partial charge in [-0.05, 0) is 12.1 Å². The molecule has 0 radical (unpaired) electrons. The summed E-state index contributed by atoms with van der Waals surface area (Å²) in [6, 6.07) is 5.29. The highest BCUT2D eigenvalue weighted by Gasteiger charge is 2.47. The number of benzene rings is 1. The van der Waals surface area contributed by atoms with Gasteiger partial charge in [-0.2, -0.15) is 0 Å². The van der Waals surface area contributed by atoms with E-state index in [1.165, 1.54) is 13.2 Å². The molecule has 0 fully saturated rings. The van der Waals surface area contributed by atoms with Gasteiger partial charge in [-0.1, -0.05) is 34.4 Å². The smallest absolute Gasteiger partial charge is 0.200 e. The first-order chi connectivity index (χ1) is 10.1. The van der Waals surface area contributed by atoms with Crippen LogP contribution in [0.2, 0.25) is 10.0 Å². The lowest BCUT2D eigenvalue weighted by molar-refractivity contribution is -0.119. The number of allylic oxidation sites excluding steroid dienone is 1. The molecule has 2 aliphatic rings. The van der Waals surface area contributed by atoms with Gasteiger partial charge < -0.3 is 9.57 Å². The molecule has 1 heterocycles. The Hall–Kier alpha value is -1.52. The van der Waals surface area contributed by atoms with E-state index in [2.05, 4.69) is 5.16 Å². The zero-order valence-electron chi connectivity index (χ0n) is 11.4. The van der Waals surface area contributed by atoms with Crippen LogP contribution >= 0.6 is 23.2 Å². The number of halogens is 2. The minimum absolute atomic E-state index is 0.0327. The zero-order valence-corrected chi connectivity index (χ0v) is 12.9. The van der Waals surface area contributed by atoms with Gasteiger partial charge in [0.05, 0.1) is 22.9 Å². The molecule has 110 valence electrons. The maximum Gasteiger partial charge on any atom is 0.200 e. The number of carbonyl (C=O) groups excluding carboxylic acids is 1. The van der Waals surface area contributed by atoms with Crippen LogP contribution in [-0.2, 0) is 14.4 Å². The van der Waals surface area contributed by atoms with Gasteiger partial charge in [-0.15, -0.1) is 0 Å². The van der Waals surface area contributed by atoms with Crippen LogP contribution < -0.4 is 0 Å². The van der Waals surface area contributed by atoms with Gasteiger partial charge in [0.2, 0.25) is 0 Å². The summed E-state index contributed by atoms with van der Waals surface area (Å²) in [5.74, 6) is 0.533. The normalized spacial score (nSPS) is 24.6. The highest BCUT2D eigenvalue weighted by Crippen LogP contribution is 2.42. The fourth-order valence-corrected chi connectivity index (χ4v) is 3.31. The van der Waals surface area contributed by atoms with Gasteiger partial charge in [0.15, 0.2) is 11.4 Å². The van der Waals surface area contributed by atoms with E-state index in [-0.39, 0.29) is 5.78 Å². The molecule has 1 unspecified atom stereocenters. The Labute approximate surface area is 132 Å². The molecular weight excluding hydrogens is 313 g/mol. The van der Waals surface area contributed by atoms with E-state index < -0.39 is 5.60 Å². The van der Waals surface area contributed by atoms with Crippen LogP contribution in [0.25, 0.3) is 0 Å². The van der Waals surface area contributed by atoms with Crippen molar-refractivity contribution in [1.29, 1.82) is 0 Å². The van der Waals surface area contributed by atoms with E-state index in [0.717, 1.165) is 0 Å². The van der Waals surface area contributed by atoms with Gasteiger partial charge >= 0.3 is 0 Å². The maximum absolute atomic E-state index is 11.5. The summed E-state index contributed by atoms with van der Waals surface area (Å²) in [5, 5.41) is 5.19. The quantitative estimate of drug-likeness (QED) is 0.832. The molecule has 1 aliphatic heterocycles. The standard InChI is InChI=1S/C15H13Cl2NO3/c1-20-13-7-9(19)5-6-15(13)8-12(18-21-15)14-10(16)3-2-4-11(14)17/h2-4,7H,5-6,8H2,1H3. The molecular formula is C15H13Cl2NO3. The maximum atomic E-state index is 11.5. The van der Waals surface area contributed by atoms with Crippen LogP contribution in [0, 0.1) is 0 Å². The Morgan fingerprint density at radius 2 is 2.05 bits per heavy atom. The van der Waals surface area contributed by atoms with Gasteiger partial charge in [0, 0.05) is 30.9 Å². The highest BCUT2D eigenvalue weighted by atomic mass is 35.5. The predicted octanol–water partition coefficient (Wildman–Crippen LogP) is 3.75. The van der Waals surface area contributed by atoms with Crippen molar-refractivity contribution in [3.8, 4) is 0 Å². The van der Waals surface area contributed by atoms with Crippen LogP contribution in [0.4, 0.5) is 0 Å². The predicted molar refractivity (Wildman–Crippen MR) is 80.8 cm³/mol. The summed E-state index contributed by atoms with van der Waals surface area (Å²) in [7, 11) is 1.52. The summed E-state index contributed by atoms with van der Waals surface area (Å²) in [6.45, 7) is 0. The molecule has 1 aliphatic carbocycles. The molecule has 0 amide bonds. The van der Waals surface area contributed by atoms with Crippen molar-refractivity contribution in [3.05, 3.63) is 45.6 Å². The van der Waals surface area contributed by atoms with E-state index in [1.807, 2.05) is 0 Å². The third-order valence-corrected chi connectivity index (χ3v) is 4.40. The Morgan fingerprint density at radius 3 is 2.71 bits per heavy atom. The van der Waals surface area contributed by atoms with Crippen molar-refractivity contribution in [1.82, 2.24) is 0 Å². The first-order valence-corrected chi connectivity index (χ1v) is 7.30. The van der Waals surface area contributed by atoms with Gasteiger partial charge in [0.1, 0.15) is 5.76 Å². The lowest BCUT2D eigenvalue weighted by Crippen LogP contribution is -2.36. The lowest BCUT2D eigenvalue weighted by atomic mass is 9.83. The minimum Gasteiger partial charge on any atom is -0.497 e. The van der Waals surface area contributed by atoms with Crippen molar-refractivity contribution in [2.24, 2.45) is 5.16 Å². The number of hydrogen-bond acceptors (Lipinski definition) is 4. The molecule has 6 heteroatoms. The van der Waals surface area contributed by atoms with Crippen LogP contribution in [0.15, 0.2) is 35.2 Å². The van der Waals surface area contributed by atoms with Crippen molar-refractivity contribution >= 4 is 34.7 Å². The summed E-state index contributed by atoms with van der Waals surface area (Å²) in [4.78, 5) is 17.2. The largest absolute Gasteiger partial charge is 0.497 e. The van der Waals surface area contributed by atoms with Crippen molar-refractivity contribution in [3.63, 3.8) is 0 Å². The number of hydrogen-bond donors (Lipinski definition) is 0. The Kier molecular flexibility index (Phi) is 3.68. The molecule has 4 nitrogen and oxygen atoms in total. The number of ketones is 1. The second-order valence-electron chi connectivity index (χ2n) is 5.08. The van der Waals surface area contributed by atoms with Crippen molar-refractivity contribution in [2.75, 3.05) is 7.11 Å². The Bertz CT molecular complexity index is 649. The fraction of sp³-hybridized carbons (Fsp3) is 0.333. The number of nitrogens with zero attached hydrogens (tertiary/aromatic N) is 1. The number of methoxy groups -OCH3 is 1. The number of carbonyl (C=O) groups is 1. The van der Waals surface area contributed by atoms with Crippen LogP contribution in [0.5, 0.6) is 0 Å². The molecule has 0 saturated carbocycles. The van der Waals surface area contributed by atoms with E-state index in [4.69, 9.17) is 32.8 Å². The molecule has 0 bridgehead atoms. The Balaban J connectivity index is 1.95. The summed E-state index contributed by atoms with van der Waals surface area (Å²) >= 11 is 12.4. The number of oxime groups is 1.